The second-order valence-corrected chi connectivity index (χ2v) is 9.35. The van der Waals surface area contributed by atoms with Gasteiger partial charge in [0.2, 0.25) is 5.65 Å². The topological polar surface area (TPSA) is 59.1 Å². The second-order valence-electron chi connectivity index (χ2n) is 7.44. The molecule has 186 valence electrons. The molecule has 0 amide bonds. The van der Waals surface area contributed by atoms with Gasteiger partial charge in [0.15, 0.2) is 5.52 Å². The van der Waals surface area contributed by atoms with Crippen LogP contribution in [0.15, 0.2) is 18.3 Å². The third kappa shape index (κ3) is 12.6. The van der Waals surface area contributed by atoms with Gasteiger partial charge in [0.05, 0.1) is 27.2 Å². The Labute approximate surface area is 183 Å². The van der Waals surface area contributed by atoms with Crippen molar-refractivity contribution >= 4 is 25.0 Å². The Bertz CT molecular complexity index is 862. The monoisotopic (exact) mass is 492 g/mol. The van der Waals surface area contributed by atoms with Crippen LogP contribution in [0.25, 0.3) is 11.2 Å². The Morgan fingerprint density at radius 2 is 1.53 bits per heavy atom. The van der Waals surface area contributed by atoms with Gasteiger partial charge in [-0.2, -0.15) is 0 Å². The van der Waals surface area contributed by atoms with E-state index in [-0.39, 0.29) is 0 Å². The summed E-state index contributed by atoms with van der Waals surface area (Å²) in [6.07, 6.45) is 8.88. The molecule has 0 saturated heterocycles. The molecule has 0 N–H and O–H groups in total. The summed E-state index contributed by atoms with van der Waals surface area (Å²) in [5.41, 5.74) is 1.35. The van der Waals surface area contributed by atoms with Crippen molar-refractivity contribution in [3.8, 4) is 0 Å². The first kappa shape index (κ1) is 27.9. The van der Waals surface area contributed by atoms with Crippen molar-refractivity contribution in [2.75, 3.05) is 27.2 Å². The molecule has 2 aromatic heterocycles. The van der Waals surface area contributed by atoms with Crippen LogP contribution >= 0.6 is 7.81 Å². The minimum absolute atomic E-state index is 0.587. The Balaban J connectivity index is 0.000000633. The molecule has 0 aliphatic rings. The van der Waals surface area contributed by atoms with E-state index in [1.165, 1.54) is 30.5 Å². The number of halogens is 6. The fraction of sp³-hybridized carbons (Fsp3) is 0.667. The number of fused-ring (bicyclic) bond motifs is 1. The quantitative estimate of drug-likeness (QED) is 0.108. The van der Waals surface area contributed by atoms with Crippen molar-refractivity contribution in [1.29, 1.82) is 0 Å². The molecule has 32 heavy (non-hydrogen) atoms. The maximum absolute atomic E-state index is 10.7. The van der Waals surface area contributed by atoms with Gasteiger partial charge < -0.3 is 0 Å². The Morgan fingerprint density at radius 1 is 1.00 bits per heavy atom. The van der Waals surface area contributed by atoms with E-state index >= 15 is 0 Å². The van der Waals surface area contributed by atoms with Gasteiger partial charge in [0, 0.05) is 6.20 Å². The number of pyridine rings is 1. The maximum atomic E-state index is 9.87. The number of hydrogen-bond acceptors (Lipinski definition) is 4. The van der Waals surface area contributed by atoms with Crippen LogP contribution < -0.4 is 4.84 Å². The van der Waals surface area contributed by atoms with E-state index < -0.39 is 7.81 Å². The van der Waals surface area contributed by atoms with Crippen molar-refractivity contribution in [2.24, 2.45) is 0 Å². The summed E-state index contributed by atoms with van der Waals surface area (Å²) in [6, 6.07) is 4.57. The average Bonchev–Trinajstić information content (AvgIpc) is 3.06. The van der Waals surface area contributed by atoms with Crippen LogP contribution in [0.1, 0.15) is 52.4 Å². The average molecular weight is 492 g/mol. The van der Waals surface area contributed by atoms with Crippen LogP contribution in [-0.4, -0.2) is 62.8 Å². The van der Waals surface area contributed by atoms with Gasteiger partial charge in [0.25, 0.3) is 0 Å². The van der Waals surface area contributed by atoms with Crippen molar-refractivity contribution < 1.29 is 34.6 Å². The third-order valence-corrected chi connectivity index (χ3v) is 4.08. The summed E-state index contributed by atoms with van der Waals surface area (Å²) < 4.78 is 61.2. The molecular weight excluding hydrogens is 461 g/mol. The molecule has 2 aromatic rings. The summed E-state index contributed by atoms with van der Waals surface area (Å²) in [6.45, 7) is 6.41. The van der Waals surface area contributed by atoms with Crippen LogP contribution in [0.5, 0.6) is 0 Å². The molecule has 0 bridgehead atoms. The van der Waals surface area contributed by atoms with E-state index in [1.54, 1.807) is 6.20 Å². The molecule has 0 radical (unpaired) electrons. The van der Waals surface area contributed by atoms with Gasteiger partial charge >= 0.3 is 39.0 Å². The van der Waals surface area contributed by atoms with Crippen LogP contribution in [0.4, 0.5) is 25.2 Å². The van der Waals surface area contributed by atoms with Gasteiger partial charge in [0.1, 0.15) is 0 Å². The molecule has 7 nitrogen and oxygen atoms in total. The molecule has 2 heterocycles. The number of amidine groups is 1. The van der Waals surface area contributed by atoms with Crippen LogP contribution in [0.3, 0.4) is 0 Å². The summed E-state index contributed by atoms with van der Waals surface area (Å²) in [7, 11) is -6.66. The van der Waals surface area contributed by atoms with Crippen LogP contribution in [0, 0.1) is 0 Å². The van der Waals surface area contributed by atoms with Gasteiger partial charge in [-0.1, -0.05) is 31.5 Å². The number of rotatable bonds is 9. The van der Waals surface area contributed by atoms with Crippen molar-refractivity contribution in [2.45, 2.75) is 52.4 Å². The summed E-state index contributed by atoms with van der Waals surface area (Å²) in [5.74, 6) is 0. The predicted octanol–water partition coefficient (Wildman–Crippen LogP) is 5.95. The van der Waals surface area contributed by atoms with E-state index in [9.17, 15) is 25.2 Å². The number of hydrogen-bond donors (Lipinski definition) is 0. The first-order valence-corrected chi connectivity index (χ1v) is 12.4. The third-order valence-electron chi connectivity index (χ3n) is 4.08. The van der Waals surface area contributed by atoms with Crippen molar-refractivity contribution in [1.82, 2.24) is 25.0 Å². The number of nitrogens with zero attached hydrogens (tertiary/aromatic N) is 6. The summed E-state index contributed by atoms with van der Waals surface area (Å²) in [5, 5.41) is 8.17. The molecule has 0 aliphatic heterocycles. The molecule has 0 fully saturated rings. The van der Waals surface area contributed by atoms with Gasteiger partial charge in [-0.05, 0) is 43.0 Å². The van der Waals surface area contributed by atoms with E-state index in [2.05, 4.69) is 34.0 Å². The van der Waals surface area contributed by atoms with Crippen molar-refractivity contribution in [3.63, 3.8) is 0 Å². The molecule has 0 aromatic carbocycles. The van der Waals surface area contributed by atoms with E-state index in [0.29, 0.717) is 5.65 Å². The molecule has 0 atom stereocenters. The standard InChI is InChI=1S/C18H31N6O.F6P/c1-5-7-9-14-23(15-10-8-6-2)18(22(3)4)25-24-16-12-11-13-19-17(16)20-21-24;1-7(2,3,4,5)6/h11-13H,5-10,14-15H2,1-4H3;/q+1;-1. The van der Waals surface area contributed by atoms with Crippen molar-refractivity contribution in [3.05, 3.63) is 18.3 Å². The first-order valence-electron chi connectivity index (χ1n) is 10.3. The predicted molar refractivity (Wildman–Crippen MR) is 113 cm³/mol. The molecule has 0 aliphatic carbocycles. The normalized spacial score (nSPS) is 13.6. The van der Waals surface area contributed by atoms with Gasteiger partial charge in [-0.25, -0.2) is 14.5 Å². The molecule has 0 unspecified atom stereocenters. The molecule has 2 rings (SSSR count). The minimum atomic E-state index is -10.7. The SMILES string of the molecule is CCCCCN(CCCCC)C(On1nnc2ncccc21)=[N+](C)C.F[P-](F)(F)(F)(F)F. The number of aromatic nitrogens is 4. The van der Waals surface area contributed by atoms with E-state index in [0.717, 1.165) is 37.5 Å². The second kappa shape index (κ2) is 10.6. The van der Waals surface area contributed by atoms with Gasteiger partial charge in [-0.15, -0.1) is 5.10 Å². The zero-order valence-electron chi connectivity index (χ0n) is 18.7. The summed E-state index contributed by atoms with van der Waals surface area (Å²) >= 11 is 0. The number of unbranched alkanes of at least 4 members (excludes halogenated alkanes) is 4. The zero-order chi connectivity index (χ0) is 24.5. The fourth-order valence-corrected chi connectivity index (χ4v) is 2.72. The molecular formula is C18H31F6N6OP. The Hall–Kier alpha value is -2.17. The first-order chi connectivity index (χ1) is 14.6. The Kier molecular flexibility index (Phi) is 9.26. The fourth-order valence-electron chi connectivity index (χ4n) is 2.72. The Morgan fingerprint density at radius 3 is 2.00 bits per heavy atom. The molecule has 0 saturated carbocycles. The molecule has 14 heteroatoms. The van der Waals surface area contributed by atoms with E-state index in [1.807, 2.05) is 30.8 Å². The molecule has 0 spiro atoms. The van der Waals surface area contributed by atoms with E-state index in [4.69, 9.17) is 4.84 Å². The van der Waals surface area contributed by atoms with Crippen LogP contribution in [-0.2, 0) is 0 Å². The summed E-state index contributed by atoms with van der Waals surface area (Å²) in [4.78, 5) is 14.1. The van der Waals surface area contributed by atoms with Crippen LogP contribution in [0.2, 0.25) is 0 Å². The zero-order valence-corrected chi connectivity index (χ0v) is 19.6. The van der Waals surface area contributed by atoms with Gasteiger partial charge in [-0.3, -0.25) is 4.84 Å².